The van der Waals surface area contributed by atoms with Gasteiger partial charge >= 0.3 is 5.97 Å². The Bertz CT molecular complexity index is 2040. The highest BCUT2D eigenvalue weighted by Crippen LogP contribution is 2.32. The zero-order chi connectivity index (χ0) is 30.6. The molecular formula is C35H26Cl2N2O4S. The molecule has 44 heavy (non-hydrogen) atoms. The van der Waals surface area contributed by atoms with E-state index in [4.69, 9.17) is 32.7 Å². The van der Waals surface area contributed by atoms with E-state index in [0.717, 1.165) is 22.3 Å². The van der Waals surface area contributed by atoms with Gasteiger partial charge in [-0.2, -0.15) is 0 Å². The Balaban J connectivity index is 1.38. The maximum atomic E-state index is 14.0. The fourth-order valence-electron chi connectivity index (χ4n) is 4.94. The van der Waals surface area contributed by atoms with Gasteiger partial charge in [-0.15, -0.1) is 0 Å². The normalized spacial score (nSPS) is 14.6. The van der Waals surface area contributed by atoms with E-state index in [-0.39, 0.29) is 12.2 Å². The van der Waals surface area contributed by atoms with Crippen LogP contribution >= 0.6 is 34.5 Å². The fraction of sp³-hybridized carbons (Fsp3) is 0.114. The van der Waals surface area contributed by atoms with Crippen LogP contribution in [0.25, 0.3) is 6.08 Å². The van der Waals surface area contributed by atoms with Crippen molar-refractivity contribution in [3.05, 3.63) is 166 Å². The van der Waals surface area contributed by atoms with Gasteiger partial charge in [0.1, 0.15) is 19.0 Å². The van der Waals surface area contributed by atoms with Crippen LogP contribution in [-0.4, -0.2) is 10.5 Å². The van der Waals surface area contributed by atoms with E-state index in [0.29, 0.717) is 43.0 Å². The quantitative estimate of drug-likeness (QED) is 0.174. The maximum absolute atomic E-state index is 14.0. The molecule has 5 aromatic rings. The highest BCUT2D eigenvalue weighted by atomic mass is 35.5. The van der Waals surface area contributed by atoms with Crippen molar-refractivity contribution in [3.8, 4) is 5.75 Å². The van der Waals surface area contributed by atoms with Gasteiger partial charge in [-0.3, -0.25) is 9.36 Å². The van der Waals surface area contributed by atoms with Gasteiger partial charge in [0, 0.05) is 0 Å². The first kappa shape index (κ1) is 29.6. The molecule has 0 aliphatic carbocycles. The molecule has 9 heteroatoms. The van der Waals surface area contributed by atoms with Gasteiger partial charge in [-0.05, 0) is 59.5 Å². The summed E-state index contributed by atoms with van der Waals surface area (Å²) in [6, 6.07) is 31.2. The lowest BCUT2D eigenvalue weighted by atomic mass is 9.96. The minimum Gasteiger partial charge on any atom is -0.489 e. The number of hydrogen-bond acceptors (Lipinski definition) is 6. The van der Waals surface area contributed by atoms with Gasteiger partial charge in [0.05, 0.1) is 31.9 Å². The predicted molar refractivity (Wildman–Crippen MR) is 174 cm³/mol. The van der Waals surface area contributed by atoms with E-state index in [1.807, 2.05) is 84.9 Å². The minimum atomic E-state index is -0.756. The third kappa shape index (κ3) is 6.40. The highest BCUT2D eigenvalue weighted by molar-refractivity contribution is 7.07. The molecular weight excluding hydrogens is 615 g/mol. The smallest absolute Gasteiger partial charge is 0.338 e. The Kier molecular flexibility index (Phi) is 8.79. The Hall–Kier alpha value is -4.43. The summed E-state index contributed by atoms with van der Waals surface area (Å²) in [4.78, 5) is 32.8. The average molecular weight is 642 g/mol. The molecule has 1 aliphatic heterocycles. The Labute approximate surface area is 267 Å². The molecule has 220 valence electrons. The summed E-state index contributed by atoms with van der Waals surface area (Å²) < 4.78 is 13.7. The summed E-state index contributed by atoms with van der Waals surface area (Å²) in [7, 11) is 0. The van der Waals surface area contributed by atoms with E-state index in [1.165, 1.54) is 11.3 Å². The number of carbonyl (C=O) groups is 1. The van der Waals surface area contributed by atoms with E-state index in [1.54, 1.807) is 35.8 Å². The van der Waals surface area contributed by atoms with Crippen molar-refractivity contribution in [1.82, 2.24) is 4.57 Å². The zero-order valence-corrected chi connectivity index (χ0v) is 25.9. The number of benzene rings is 4. The van der Waals surface area contributed by atoms with Crippen molar-refractivity contribution < 1.29 is 14.3 Å². The standard InChI is InChI=1S/C35H26Cl2N2O4S/c1-22-31(34(41)43-21-24-10-6-3-7-11-24)32(26-13-15-27(16-14-26)42-20-23-8-4-2-5-9-23)39-33(40)30(44-35(39)38-22)19-25-12-17-28(36)29(37)18-25/h2-19,32H,20-21H2,1H3. The summed E-state index contributed by atoms with van der Waals surface area (Å²) in [5.74, 6) is 0.127. The number of rotatable bonds is 8. The number of fused-ring (bicyclic) bond motifs is 1. The van der Waals surface area contributed by atoms with Crippen LogP contribution < -0.4 is 19.6 Å². The van der Waals surface area contributed by atoms with Gasteiger partial charge in [0.2, 0.25) is 0 Å². The number of hydrogen-bond donors (Lipinski definition) is 0. The van der Waals surface area contributed by atoms with Gasteiger partial charge in [0.15, 0.2) is 4.80 Å². The Morgan fingerprint density at radius 1 is 0.886 bits per heavy atom. The number of nitrogens with zero attached hydrogens (tertiary/aromatic N) is 2. The monoisotopic (exact) mass is 640 g/mol. The first-order valence-corrected chi connectivity index (χ1v) is 15.4. The molecule has 0 N–H and O–H groups in total. The van der Waals surface area contributed by atoms with Crippen molar-refractivity contribution in [2.45, 2.75) is 26.2 Å². The van der Waals surface area contributed by atoms with Crippen LogP contribution in [0.5, 0.6) is 5.75 Å². The van der Waals surface area contributed by atoms with Gasteiger partial charge in [0.25, 0.3) is 5.56 Å². The number of aromatic nitrogens is 1. The molecule has 1 aliphatic rings. The molecule has 0 bridgehead atoms. The molecule has 0 saturated carbocycles. The molecule has 0 radical (unpaired) electrons. The number of carbonyl (C=O) groups excluding carboxylic acids is 1. The summed E-state index contributed by atoms with van der Waals surface area (Å²) in [5.41, 5.74) is 3.85. The van der Waals surface area contributed by atoms with E-state index in [9.17, 15) is 9.59 Å². The molecule has 0 spiro atoms. The third-order valence-electron chi connectivity index (χ3n) is 7.14. The first-order valence-electron chi connectivity index (χ1n) is 13.8. The van der Waals surface area contributed by atoms with E-state index >= 15 is 0 Å². The predicted octanol–water partition coefficient (Wildman–Crippen LogP) is 6.86. The maximum Gasteiger partial charge on any atom is 0.338 e. The number of halogens is 2. The van der Waals surface area contributed by atoms with Crippen LogP contribution in [0.1, 0.15) is 35.2 Å². The Morgan fingerprint density at radius 2 is 1.55 bits per heavy atom. The third-order valence-corrected chi connectivity index (χ3v) is 8.86. The zero-order valence-electron chi connectivity index (χ0n) is 23.6. The molecule has 1 unspecified atom stereocenters. The summed E-state index contributed by atoms with van der Waals surface area (Å²) in [6.07, 6.45) is 1.75. The lowest BCUT2D eigenvalue weighted by Crippen LogP contribution is -2.39. The molecule has 2 heterocycles. The summed E-state index contributed by atoms with van der Waals surface area (Å²) >= 11 is 13.6. The van der Waals surface area contributed by atoms with Crippen molar-refractivity contribution in [3.63, 3.8) is 0 Å². The lowest BCUT2D eigenvalue weighted by molar-refractivity contribution is -0.140. The van der Waals surface area contributed by atoms with Crippen LogP contribution in [0.3, 0.4) is 0 Å². The van der Waals surface area contributed by atoms with Crippen LogP contribution in [0.15, 0.2) is 124 Å². The largest absolute Gasteiger partial charge is 0.489 e. The van der Waals surface area contributed by atoms with Crippen molar-refractivity contribution in [2.24, 2.45) is 4.99 Å². The van der Waals surface area contributed by atoms with Gasteiger partial charge in [-0.1, -0.05) is 113 Å². The second kappa shape index (κ2) is 13.1. The molecule has 6 rings (SSSR count). The van der Waals surface area contributed by atoms with Crippen LogP contribution in [0.2, 0.25) is 10.0 Å². The summed E-state index contributed by atoms with van der Waals surface area (Å²) in [5, 5.41) is 0.815. The minimum absolute atomic E-state index is 0.0944. The molecule has 1 atom stereocenters. The van der Waals surface area contributed by atoms with Crippen LogP contribution in [-0.2, 0) is 22.7 Å². The SMILES string of the molecule is CC1=C(C(=O)OCc2ccccc2)C(c2ccc(OCc3ccccc3)cc2)n2c(sc(=Cc3ccc(Cl)c(Cl)c3)c2=O)=N1. The molecule has 6 nitrogen and oxygen atoms in total. The number of ether oxygens (including phenoxy) is 2. The van der Waals surface area contributed by atoms with Gasteiger partial charge in [-0.25, -0.2) is 9.79 Å². The number of thiazole rings is 1. The summed E-state index contributed by atoms with van der Waals surface area (Å²) in [6.45, 7) is 2.28. The topological polar surface area (TPSA) is 69.9 Å². The van der Waals surface area contributed by atoms with Crippen molar-refractivity contribution in [2.75, 3.05) is 0 Å². The van der Waals surface area contributed by atoms with Gasteiger partial charge < -0.3 is 9.47 Å². The average Bonchev–Trinajstić information content (AvgIpc) is 3.35. The number of esters is 1. The van der Waals surface area contributed by atoms with E-state index < -0.39 is 12.0 Å². The highest BCUT2D eigenvalue weighted by Gasteiger charge is 2.33. The molecule has 0 fully saturated rings. The van der Waals surface area contributed by atoms with Crippen molar-refractivity contribution in [1.29, 1.82) is 0 Å². The molecule has 0 saturated heterocycles. The van der Waals surface area contributed by atoms with Crippen LogP contribution in [0, 0.1) is 0 Å². The molecule has 0 amide bonds. The second-order valence-electron chi connectivity index (χ2n) is 10.2. The first-order chi connectivity index (χ1) is 21.4. The molecule has 4 aromatic carbocycles. The van der Waals surface area contributed by atoms with Crippen molar-refractivity contribution >= 4 is 46.6 Å². The Morgan fingerprint density at radius 3 is 2.20 bits per heavy atom. The lowest BCUT2D eigenvalue weighted by Gasteiger charge is -2.25. The number of allylic oxidation sites excluding steroid dienone is 1. The van der Waals surface area contributed by atoms with Crippen LogP contribution in [0.4, 0.5) is 0 Å². The fourth-order valence-corrected chi connectivity index (χ4v) is 6.29. The van der Waals surface area contributed by atoms with E-state index in [2.05, 4.69) is 4.99 Å². The second-order valence-corrected chi connectivity index (χ2v) is 12.0. The molecule has 1 aromatic heterocycles.